The molecule has 3 aromatic heterocycles. The quantitative estimate of drug-likeness (QED) is 0.453. The van der Waals surface area contributed by atoms with Crippen molar-refractivity contribution in [2.75, 3.05) is 11.1 Å². The van der Waals surface area contributed by atoms with Gasteiger partial charge in [-0.2, -0.15) is 14.6 Å². The van der Waals surface area contributed by atoms with Crippen molar-refractivity contribution in [3.05, 3.63) is 63.8 Å². The Kier molecular flexibility index (Phi) is 5.25. The van der Waals surface area contributed by atoms with Gasteiger partial charge in [0.1, 0.15) is 11.0 Å². The maximum absolute atomic E-state index is 14.4. The Hall–Kier alpha value is -3.27. The van der Waals surface area contributed by atoms with Crippen LogP contribution in [0.3, 0.4) is 0 Å². The van der Waals surface area contributed by atoms with Crippen LogP contribution in [-0.2, 0) is 6.54 Å². The van der Waals surface area contributed by atoms with Gasteiger partial charge >= 0.3 is 0 Å². The zero-order valence-corrected chi connectivity index (χ0v) is 18.0. The first-order valence-electron chi connectivity index (χ1n) is 9.52. The van der Waals surface area contributed by atoms with E-state index >= 15 is 0 Å². The number of hydrogen-bond acceptors (Lipinski definition) is 7. The van der Waals surface area contributed by atoms with Gasteiger partial charge in [-0.15, -0.1) is 10.2 Å². The summed E-state index contributed by atoms with van der Waals surface area (Å²) >= 11 is 1.39. The third kappa shape index (κ3) is 3.90. The topological polar surface area (TPSA) is 99.5 Å². The molecule has 0 amide bonds. The standard InChI is InChI=1S/C20H23FN8S/c1-11-6-5-7-16(22)15(11)10-28-17(21)9-18(27-28)23-20-25-24-19(30-20)14(4)29-13(3)8-12(2)26-29/h5-9,14H,10,22H2,1-4H3,(H,23,25,27). The van der Waals surface area contributed by atoms with Crippen molar-refractivity contribution in [3.63, 3.8) is 0 Å². The molecule has 0 aliphatic rings. The number of rotatable bonds is 6. The monoisotopic (exact) mass is 426 g/mol. The van der Waals surface area contributed by atoms with Crippen LogP contribution in [0, 0.1) is 26.7 Å². The summed E-state index contributed by atoms with van der Waals surface area (Å²) in [5, 5.41) is 21.6. The number of nitrogens with one attached hydrogen (secondary N) is 1. The van der Waals surface area contributed by atoms with Gasteiger partial charge in [0, 0.05) is 17.4 Å². The molecule has 0 saturated carbocycles. The van der Waals surface area contributed by atoms with E-state index in [1.54, 1.807) is 6.07 Å². The predicted octanol–water partition coefficient (Wildman–Crippen LogP) is 3.98. The largest absolute Gasteiger partial charge is 0.398 e. The molecule has 4 rings (SSSR count). The summed E-state index contributed by atoms with van der Waals surface area (Å²) < 4.78 is 17.6. The lowest BCUT2D eigenvalue weighted by molar-refractivity contribution is 0.480. The fraction of sp³-hybridized carbons (Fsp3) is 0.300. The number of halogens is 1. The molecule has 0 bridgehead atoms. The summed E-state index contributed by atoms with van der Waals surface area (Å²) in [5.74, 6) is -0.0953. The molecular formula is C20H23FN8S. The van der Waals surface area contributed by atoms with E-state index in [0.29, 0.717) is 16.6 Å². The molecule has 0 spiro atoms. The van der Waals surface area contributed by atoms with Crippen molar-refractivity contribution >= 4 is 28.0 Å². The predicted molar refractivity (Wildman–Crippen MR) is 116 cm³/mol. The van der Waals surface area contributed by atoms with Crippen LogP contribution in [0.4, 0.5) is 21.0 Å². The minimum atomic E-state index is -0.457. The first-order valence-corrected chi connectivity index (χ1v) is 10.3. The SMILES string of the molecule is Cc1cc(C)n(C(C)c2nnc(Nc3cc(F)n(Cc4c(C)cccc4N)n3)s2)n1. The fourth-order valence-corrected chi connectivity index (χ4v) is 4.15. The lowest BCUT2D eigenvalue weighted by Crippen LogP contribution is -2.10. The number of aromatic nitrogens is 6. The lowest BCUT2D eigenvalue weighted by Gasteiger charge is -2.10. The molecule has 0 radical (unpaired) electrons. The first kappa shape index (κ1) is 20.0. The number of hydrogen-bond donors (Lipinski definition) is 2. The maximum atomic E-state index is 14.4. The number of nitrogens with two attached hydrogens (primary N) is 1. The molecule has 0 saturated heterocycles. The maximum Gasteiger partial charge on any atom is 0.213 e. The van der Waals surface area contributed by atoms with Crippen LogP contribution in [-0.4, -0.2) is 29.8 Å². The minimum Gasteiger partial charge on any atom is -0.398 e. The molecule has 4 aromatic rings. The highest BCUT2D eigenvalue weighted by Gasteiger charge is 2.18. The van der Waals surface area contributed by atoms with Gasteiger partial charge in [0.15, 0.2) is 5.82 Å². The Bertz CT molecular complexity index is 1170. The van der Waals surface area contributed by atoms with Crippen LogP contribution in [0.2, 0.25) is 0 Å². The number of nitrogen functional groups attached to an aromatic ring is 1. The fourth-order valence-electron chi connectivity index (χ4n) is 3.36. The Labute approximate surface area is 177 Å². The molecule has 1 unspecified atom stereocenters. The molecule has 1 aromatic carbocycles. The molecule has 1 atom stereocenters. The molecule has 0 aliphatic carbocycles. The van der Waals surface area contributed by atoms with Gasteiger partial charge in [0.25, 0.3) is 0 Å². The van der Waals surface area contributed by atoms with E-state index in [0.717, 1.165) is 27.5 Å². The van der Waals surface area contributed by atoms with E-state index in [2.05, 4.69) is 25.7 Å². The van der Waals surface area contributed by atoms with Gasteiger partial charge in [-0.05, 0) is 51.0 Å². The first-order chi connectivity index (χ1) is 14.3. The van der Waals surface area contributed by atoms with Gasteiger partial charge in [-0.3, -0.25) is 4.68 Å². The van der Waals surface area contributed by atoms with Crippen molar-refractivity contribution < 1.29 is 4.39 Å². The van der Waals surface area contributed by atoms with Gasteiger partial charge in [-0.1, -0.05) is 23.5 Å². The summed E-state index contributed by atoms with van der Waals surface area (Å²) in [4.78, 5) is 0. The molecular weight excluding hydrogens is 403 g/mol. The van der Waals surface area contributed by atoms with Gasteiger partial charge in [0.2, 0.25) is 11.1 Å². The Balaban J connectivity index is 1.51. The van der Waals surface area contributed by atoms with Crippen LogP contribution in [0.25, 0.3) is 0 Å². The highest BCUT2D eigenvalue weighted by Crippen LogP contribution is 2.27. The van der Waals surface area contributed by atoms with Crippen molar-refractivity contribution in [1.29, 1.82) is 0 Å². The Morgan fingerprint density at radius 3 is 2.67 bits per heavy atom. The second-order valence-corrected chi connectivity index (χ2v) is 8.28. The van der Waals surface area contributed by atoms with Gasteiger partial charge < -0.3 is 11.1 Å². The zero-order valence-electron chi connectivity index (χ0n) is 17.2. The summed E-state index contributed by atoms with van der Waals surface area (Å²) in [5.41, 5.74) is 10.5. The van der Waals surface area contributed by atoms with E-state index in [4.69, 9.17) is 5.73 Å². The third-order valence-electron chi connectivity index (χ3n) is 4.93. The van der Waals surface area contributed by atoms with Crippen molar-refractivity contribution in [1.82, 2.24) is 29.8 Å². The molecule has 0 aliphatic heterocycles. The van der Waals surface area contributed by atoms with Crippen LogP contribution >= 0.6 is 11.3 Å². The average Bonchev–Trinajstić information content (AvgIpc) is 3.37. The van der Waals surface area contributed by atoms with Crippen LogP contribution in [0.1, 0.15) is 40.5 Å². The average molecular weight is 427 g/mol. The van der Waals surface area contributed by atoms with E-state index in [-0.39, 0.29) is 12.6 Å². The van der Waals surface area contributed by atoms with Crippen LogP contribution < -0.4 is 11.1 Å². The number of anilines is 3. The second kappa shape index (κ2) is 7.86. The minimum absolute atomic E-state index is 0.0509. The lowest BCUT2D eigenvalue weighted by atomic mass is 10.1. The third-order valence-corrected chi connectivity index (χ3v) is 5.94. The number of benzene rings is 1. The van der Waals surface area contributed by atoms with Crippen LogP contribution in [0.15, 0.2) is 30.3 Å². The summed E-state index contributed by atoms with van der Waals surface area (Å²) in [6.45, 7) is 8.18. The van der Waals surface area contributed by atoms with Crippen molar-refractivity contribution in [3.8, 4) is 0 Å². The van der Waals surface area contributed by atoms with Gasteiger partial charge in [-0.25, -0.2) is 4.68 Å². The van der Waals surface area contributed by atoms with E-state index in [9.17, 15) is 4.39 Å². The van der Waals surface area contributed by atoms with Gasteiger partial charge in [0.05, 0.1) is 12.2 Å². The van der Waals surface area contributed by atoms with Crippen molar-refractivity contribution in [2.45, 2.75) is 40.3 Å². The van der Waals surface area contributed by atoms with Crippen molar-refractivity contribution in [2.24, 2.45) is 0 Å². The Morgan fingerprint density at radius 1 is 1.17 bits per heavy atom. The van der Waals surface area contributed by atoms with E-state index in [1.807, 2.05) is 50.6 Å². The summed E-state index contributed by atoms with van der Waals surface area (Å²) in [6, 6.07) is 8.92. The van der Waals surface area contributed by atoms with E-state index < -0.39 is 5.95 Å². The smallest absolute Gasteiger partial charge is 0.213 e. The summed E-state index contributed by atoms with van der Waals surface area (Å²) in [6.07, 6.45) is 0. The number of nitrogens with zero attached hydrogens (tertiary/aromatic N) is 6. The number of aryl methyl sites for hydroxylation is 3. The highest BCUT2D eigenvalue weighted by molar-refractivity contribution is 7.15. The molecule has 156 valence electrons. The summed E-state index contributed by atoms with van der Waals surface area (Å²) in [7, 11) is 0. The van der Waals surface area contributed by atoms with Crippen LogP contribution in [0.5, 0.6) is 0 Å². The van der Waals surface area contributed by atoms with E-state index in [1.165, 1.54) is 22.1 Å². The molecule has 8 nitrogen and oxygen atoms in total. The molecule has 10 heteroatoms. The highest BCUT2D eigenvalue weighted by atomic mass is 32.1. The normalized spacial score (nSPS) is 12.3. The molecule has 3 N–H and O–H groups in total. The zero-order chi connectivity index (χ0) is 21.4. The second-order valence-electron chi connectivity index (χ2n) is 7.27. The molecule has 0 fully saturated rings. The molecule has 30 heavy (non-hydrogen) atoms. The molecule has 3 heterocycles. The Morgan fingerprint density at radius 2 is 1.97 bits per heavy atom.